The molecule has 2 heterocycles. The van der Waals surface area contributed by atoms with Gasteiger partial charge in [0.05, 0.1) is 11.4 Å². The zero-order valence-electron chi connectivity index (χ0n) is 24.3. The number of rotatable bonds is 7. The quantitative estimate of drug-likeness (QED) is 0.196. The number of hydrazone groups is 1. The fourth-order valence-electron chi connectivity index (χ4n) is 6.57. The zero-order chi connectivity index (χ0) is 31.1. The van der Waals surface area contributed by atoms with Gasteiger partial charge in [-0.15, -0.1) is 0 Å². The number of benzene rings is 5. The van der Waals surface area contributed by atoms with Gasteiger partial charge in [0.25, 0.3) is 5.91 Å². The lowest BCUT2D eigenvalue weighted by molar-refractivity contribution is -0.121. The minimum Gasteiger partial charge on any atom is -0.357 e. The van der Waals surface area contributed by atoms with Gasteiger partial charge in [-0.3, -0.25) is 4.79 Å². The first kappa shape index (κ1) is 28.3. The van der Waals surface area contributed by atoms with Crippen LogP contribution in [0, 0.1) is 17.5 Å². The second kappa shape index (κ2) is 11.2. The molecule has 0 aliphatic carbocycles. The van der Waals surface area contributed by atoms with Crippen molar-refractivity contribution in [3.63, 3.8) is 0 Å². The highest BCUT2D eigenvalue weighted by Crippen LogP contribution is 2.47. The van der Waals surface area contributed by atoms with E-state index in [-0.39, 0.29) is 24.0 Å². The molecule has 7 rings (SSSR count). The van der Waals surface area contributed by atoms with Crippen LogP contribution in [-0.4, -0.2) is 16.6 Å². The maximum Gasteiger partial charge on any atom is 0.264 e. The van der Waals surface area contributed by atoms with Gasteiger partial charge in [-0.25, -0.2) is 13.2 Å². The van der Waals surface area contributed by atoms with Crippen LogP contribution in [-0.2, 0) is 16.6 Å². The Morgan fingerprint density at radius 3 is 2.00 bits per heavy atom. The van der Waals surface area contributed by atoms with Gasteiger partial charge in [0, 0.05) is 28.1 Å². The van der Waals surface area contributed by atoms with E-state index in [1.165, 1.54) is 41.4 Å². The van der Waals surface area contributed by atoms with Crippen molar-refractivity contribution >= 4 is 28.2 Å². The Bertz CT molecular complexity index is 2010. The number of nitrogens with one attached hydrogen (secondary N) is 1. The Labute approximate surface area is 258 Å². The zero-order valence-corrected chi connectivity index (χ0v) is 24.3. The first-order chi connectivity index (χ1) is 21.8. The first-order valence-corrected chi connectivity index (χ1v) is 14.7. The van der Waals surface area contributed by atoms with Crippen molar-refractivity contribution < 1.29 is 18.0 Å². The van der Waals surface area contributed by atoms with Crippen molar-refractivity contribution in [1.29, 1.82) is 0 Å². The van der Waals surface area contributed by atoms with Gasteiger partial charge >= 0.3 is 0 Å². The van der Waals surface area contributed by atoms with Crippen LogP contribution in [0.4, 0.5) is 18.9 Å². The minimum atomic E-state index is -1.35. The van der Waals surface area contributed by atoms with Gasteiger partial charge in [-0.05, 0) is 84.6 Å². The molecule has 1 atom stereocenters. The lowest BCUT2D eigenvalue weighted by Crippen LogP contribution is -2.46. The summed E-state index contributed by atoms with van der Waals surface area (Å²) in [4.78, 5) is 18.6. The summed E-state index contributed by atoms with van der Waals surface area (Å²) >= 11 is 0. The molecule has 1 amide bonds. The average molecular weight is 600 g/mol. The Kier molecular flexibility index (Phi) is 7.09. The molecule has 222 valence electrons. The average Bonchev–Trinajstić information content (AvgIpc) is 3.54. The number of halogens is 3. The third kappa shape index (κ3) is 4.90. The molecule has 5 aromatic carbocycles. The Hall–Kier alpha value is -5.43. The molecule has 1 aliphatic heterocycles. The summed E-state index contributed by atoms with van der Waals surface area (Å²) < 4.78 is 43.0. The van der Waals surface area contributed by atoms with E-state index in [0.29, 0.717) is 28.2 Å². The van der Waals surface area contributed by atoms with Gasteiger partial charge in [-0.1, -0.05) is 72.8 Å². The number of hydrogen-bond acceptors (Lipinski definition) is 2. The molecule has 1 aliphatic rings. The highest BCUT2D eigenvalue weighted by molar-refractivity contribution is 6.25. The fraction of sp³-hybridized carbons (Fsp3) is 0.105. The summed E-state index contributed by atoms with van der Waals surface area (Å²) in [5.41, 5.74) is 4.08. The lowest BCUT2D eigenvalue weighted by Gasteiger charge is -2.32. The largest absolute Gasteiger partial charge is 0.357 e. The van der Waals surface area contributed by atoms with E-state index < -0.39 is 17.2 Å². The summed E-state index contributed by atoms with van der Waals surface area (Å²) in [6.45, 7) is 1.83. The molecule has 0 bridgehead atoms. The molecule has 0 fully saturated rings. The van der Waals surface area contributed by atoms with Crippen LogP contribution < -0.4 is 5.01 Å². The maximum absolute atomic E-state index is 15.0. The molecule has 45 heavy (non-hydrogen) atoms. The Morgan fingerprint density at radius 1 is 0.733 bits per heavy atom. The monoisotopic (exact) mass is 599 g/mol. The highest BCUT2D eigenvalue weighted by Gasteiger charge is 2.54. The van der Waals surface area contributed by atoms with Gasteiger partial charge in [0.2, 0.25) is 0 Å². The number of hydrogen-bond donors (Lipinski definition) is 1. The van der Waals surface area contributed by atoms with Crippen LogP contribution >= 0.6 is 0 Å². The predicted molar refractivity (Wildman–Crippen MR) is 171 cm³/mol. The minimum absolute atomic E-state index is 0.136. The second-order valence-electron chi connectivity index (χ2n) is 11.3. The first-order valence-electron chi connectivity index (χ1n) is 14.7. The number of amides is 1. The van der Waals surface area contributed by atoms with Crippen LogP contribution in [0.25, 0.3) is 10.9 Å². The fourth-order valence-corrected chi connectivity index (χ4v) is 6.57. The summed E-state index contributed by atoms with van der Waals surface area (Å²) in [6.07, 6.45) is 0.136. The Balaban J connectivity index is 1.54. The van der Waals surface area contributed by atoms with Crippen molar-refractivity contribution in [2.45, 2.75) is 24.7 Å². The van der Waals surface area contributed by atoms with E-state index in [2.05, 4.69) is 4.98 Å². The third-order valence-corrected chi connectivity index (χ3v) is 8.64. The molecule has 4 nitrogen and oxygen atoms in total. The molecular formula is C38H28F3N3O. The van der Waals surface area contributed by atoms with Crippen LogP contribution in [0.5, 0.6) is 0 Å². The van der Waals surface area contributed by atoms with Crippen molar-refractivity contribution in [2.75, 3.05) is 5.01 Å². The number of aromatic amines is 1. The number of para-hydroxylation sites is 2. The number of fused-ring (bicyclic) bond motifs is 1. The van der Waals surface area contributed by atoms with E-state index >= 15 is 4.79 Å². The molecule has 1 N–H and O–H groups in total. The molecule has 0 unspecified atom stereocenters. The molecular weight excluding hydrogens is 571 g/mol. The van der Waals surface area contributed by atoms with Gasteiger partial charge in [-0.2, -0.15) is 10.1 Å². The highest BCUT2D eigenvalue weighted by atomic mass is 19.1. The third-order valence-electron chi connectivity index (χ3n) is 8.64. The van der Waals surface area contributed by atoms with Gasteiger partial charge in [0.1, 0.15) is 22.9 Å². The van der Waals surface area contributed by atoms with Crippen molar-refractivity contribution in [3.8, 4) is 0 Å². The smallest absolute Gasteiger partial charge is 0.264 e. The summed E-state index contributed by atoms with van der Waals surface area (Å²) in [5, 5.41) is 7.06. The number of anilines is 1. The molecule has 7 heteroatoms. The predicted octanol–water partition coefficient (Wildman–Crippen LogP) is 8.67. The van der Waals surface area contributed by atoms with Crippen LogP contribution in [0.15, 0.2) is 132 Å². The summed E-state index contributed by atoms with van der Waals surface area (Å²) in [6, 6.07) is 35.5. The van der Waals surface area contributed by atoms with E-state index in [1.54, 1.807) is 30.3 Å². The molecule has 1 aromatic heterocycles. The number of carbonyl (C=O) groups is 1. The van der Waals surface area contributed by atoms with Gasteiger partial charge < -0.3 is 4.98 Å². The Morgan fingerprint density at radius 2 is 1.36 bits per heavy atom. The van der Waals surface area contributed by atoms with E-state index in [4.69, 9.17) is 5.10 Å². The lowest BCUT2D eigenvalue weighted by atomic mass is 9.68. The van der Waals surface area contributed by atoms with Gasteiger partial charge in [0.15, 0.2) is 0 Å². The number of aromatic nitrogens is 1. The van der Waals surface area contributed by atoms with E-state index in [1.807, 2.05) is 67.6 Å². The van der Waals surface area contributed by atoms with Crippen molar-refractivity contribution in [2.24, 2.45) is 5.10 Å². The summed E-state index contributed by atoms with van der Waals surface area (Å²) in [7, 11) is 0. The van der Waals surface area contributed by atoms with Crippen LogP contribution in [0.1, 0.15) is 40.8 Å². The number of H-pyrrole nitrogens is 1. The SMILES string of the molecule is CC1=NN(c2ccccc2)C(=O)[C@@]1(Cc1cccc(F)c1)c1c(C(c2ccc(F)cc2)c2ccc(F)cc2)[nH]c2ccccc12. The maximum atomic E-state index is 15.0. The topological polar surface area (TPSA) is 48.5 Å². The van der Waals surface area contributed by atoms with Crippen LogP contribution in [0.2, 0.25) is 0 Å². The molecule has 0 saturated heterocycles. The van der Waals surface area contributed by atoms with Crippen LogP contribution in [0.3, 0.4) is 0 Å². The van der Waals surface area contributed by atoms with Crippen molar-refractivity contribution in [3.05, 3.63) is 173 Å². The normalized spacial score (nSPS) is 16.5. The molecule has 0 saturated carbocycles. The number of carbonyl (C=O) groups excluding carboxylic acids is 1. The van der Waals surface area contributed by atoms with Crippen molar-refractivity contribution in [1.82, 2.24) is 4.98 Å². The summed E-state index contributed by atoms with van der Waals surface area (Å²) in [5.74, 6) is -1.99. The van der Waals surface area contributed by atoms with E-state index in [0.717, 1.165) is 22.0 Å². The molecule has 6 aromatic rings. The number of nitrogens with zero attached hydrogens (tertiary/aromatic N) is 2. The molecule has 0 radical (unpaired) electrons. The van der Waals surface area contributed by atoms with E-state index in [9.17, 15) is 13.2 Å². The molecule has 0 spiro atoms. The second-order valence-corrected chi connectivity index (χ2v) is 11.3. The standard InChI is InChI=1S/C38H28F3N3O/c1-24-38(23-25-8-7-9-30(41)22-25,37(45)44(43-24)31-10-3-2-4-11-31)35-32-12-5-6-13-33(32)42-36(35)34(26-14-18-28(39)19-15-26)27-16-20-29(40)21-17-27/h2-22,34,42H,23H2,1H3/t38-/m1/s1.